The molecule has 8 nitrogen and oxygen atoms in total. The normalized spacial score (nSPS) is 26.4. The van der Waals surface area contributed by atoms with Crippen molar-refractivity contribution in [1.29, 1.82) is 0 Å². The van der Waals surface area contributed by atoms with Crippen LogP contribution in [0, 0.1) is 11.3 Å². The van der Waals surface area contributed by atoms with Gasteiger partial charge < -0.3 is 15.4 Å². The average molecular weight is 485 g/mol. The van der Waals surface area contributed by atoms with Crippen molar-refractivity contribution >= 4 is 17.5 Å². The van der Waals surface area contributed by atoms with Crippen molar-refractivity contribution in [2.24, 2.45) is 11.3 Å². The lowest BCUT2D eigenvalue weighted by Gasteiger charge is -2.47. The summed E-state index contributed by atoms with van der Waals surface area (Å²) < 4.78 is 8.01. The fourth-order valence-electron chi connectivity index (χ4n) is 6.28. The molecule has 1 spiro atoms. The van der Waals surface area contributed by atoms with Crippen LogP contribution in [0.5, 0.6) is 0 Å². The Kier molecular flexibility index (Phi) is 5.61. The van der Waals surface area contributed by atoms with Gasteiger partial charge in [-0.1, -0.05) is 30.3 Å². The van der Waals surface area contributed by atoms with E-state index in [0.717, 1.165) is 26.0 Å². The molecule has 34 heavy (non-hydrogen) atoms. The molecule has 2 aliphatic carbocycles. The van der Waals surface area contributed by atoms with Gasteiger partial charge in [-0.05, 0) is 87.4 Å². The highest BCUT2D eigenvalue weighted by Gasteiger charge is 2.73. The van der Waals surface area contributed by atoms with Gasteiger partial charge in [0.1, 0.15) is 0 Å². The fraction of sp³-hybridized carbons (Fsp3) is 0.600. The molecule has 1 aromatic heterocycles. The second-order valence-corrected chi connectivity index (χ2v) is 11.4. The van der Waals surface area contributed by atoms with Gasteiger partial charge in [0.2, 0.25) is 5.91 Å². The van der Waals surface area contributed by atoms with Crippen molar-refractivity contribution in [3.05, 3.63) is 47.8 Å². The van der Waals surface area contributed by atoms with E-state index in [0.29, 0.717) is 28.9 Å². The zero-order valence-electron chi connectivity index (χ0n) is 20.1. The highest BCUT2D eigenvalue weighted by molar-refractivity contribution is 6.32. The number of fused-ring (bicyclic) bond motifs is 2. The summed E-state index contributed by atoms with van der Waals surface area (Å²) in [7, 11) is 0. The number of carbonyl (C=O) groups is 1. The molecule has 5 rings (SSSR count). The number of aromatic nitrogens is 4. The average Bonchev–Trinajstić information content (AvgIpc) is 3.11. The summed E-state index contributed by atoms with van der Waals surface area (Å²) in [6, 6.07) is 7.52. The second kappa shape index (κ2) is 8.14. The first-order valence-corrected chi connectivity index (χ1v) is 12.4. The molecule has 9 heteroatoms. The number of hydrogen-bond acceptors (Lipinski definition) is 6. The van der Waals surface area contributed by atoms with Crippen LogP contribution in [-0.4, -0.2) is 50.4 Å². The van der Waals surface area contributed by atoms with Crippen LogP contribution in [-0.2, 0) is 15.1 Å². The van der Waals surface area contributed by atoms with Crippen molar-refractivity contribution in [1.82, 2.24) is 30.8 Å². The quantitative estimate of drug-likeness (QED) is 0.528. The number of tetrazole rings is 1. The maximum Gasteiger partial charge on any atom is 0.243 e. The van der Waals surface area contributed by atoms with E-state index in [1.807, 2.05) is 38.1 Å². The van der Waals surface area contributed by atoms with Crippen LogP contribution >= 0.6 is 11.6 Å². The molecule has 2 heterocycles. The number of halogens is 1. The van der Waals surface area contributed by atoms with E-state index in [2.05, 4.69) is 39.7 Å². The van der Waals surface area contributed by atoms with Crippen LogP contribution in [0.15, 0.2) is 36.9 Å². The van der Waals surface area contributed by atoms with E-state index in [1.54, 1.807) is 4.68 Å². The molecule has 3 atom stereocenters. The molecular weight excluding hydrogens is 452 g/mol. The molecule has 1 amide bonds. The number of para-hydroxylation sites is 1. The van der Waals surface area contributed by atoms with Crippen LogP contribution in [0.1, 0.15) is 58.7 Å². The third-order valence-corrected chi connectivity index (χ3v) is 8.46. The van der Waals surface area contributed by atoms with E-state index >= 15 is 0 Å². The standard InChI is InChI=1S/C25H33ClN6O2/c1-5-20(33)28-22(2,3)15-23(4,21-29-30-31-32(21)19-10-7-6-9-18(19)26)27-16-24-13-17(24)14-34-25(24)11-8-12-25/h5-7,9-10,17,27H,1,8,11-16H2,2-4H3,(H,28,33)/t17-,23?,24+/m0/s1. The number of hydrogen-bond donors (Lipinski definition) is 2. The van der Waals surface area contributed by atoms with Crippen LogP contribution in [0.4, 0.5) is 0 Å². The smallest absolute Gasteiger partial charge is 0.243 e. The monoisotopic (exact) mass is 484 g/mol. The summed E-state index contributed by atoms with van der Waals surface area (Å²) in [5, 5.41) is 20.2. The lowest BCUT2D eigenvalue weighted by molar-refractivity contribution is -0.118. The summed E-state index contributed by atoms with van der Waals surface area (Å²) in [4.78, 5) is 12.2. The third-order valence-electron chi connectivity index (χ3n) is 8.14. The molecule has 2 aromatic rings. The van der Waals surface area contributed by atoms with Crippen molar-refractivity contribution in [2.45, 2.75) is 69.6 Å². The Labute approximate surface area is 205 Å². The van der Waals surface area contributed by atoms with Crippen molar-refractivity contribution in [3.63, 3.8) is 0 Å². The molecule has 1 unspecified atom stereocenters. The molecule has 182 valence electrons. The molecule has 1 aliphatic heterocycles. The third kappa shape index (κ3) is 3.76. The number of nitrogens with one attached hydrogen (secondary N) is 2. The minimum Gasteiger partial charge on any atom is -0.374 e. The number of nitrogens with zero attached hydrogens (tertiary/aromatic N) is 4. The van der Waals surface area contributed by atoms with Gasteiger partial charge in [-0.3, -0.25) is 4.79 Å². The Morgan fingerprint density at radius 2 is 2.12 bits per heavy atom. The summed E-state index contributed by atoms with van der Waals surface area (Å²) in [6.07, 6.45) is 6.56. The Balaban J connectivity index is 1.48. The van der Waals surface area contributed by atoms with E-state index in [-0.39, 0.29) is 16.9 Å². The summed E-state index contributed by atoms with van der Waals surface area (Å²) in [5.74, 6) is 1.05. The minimum atomic E-state index is -0.657. The molecule has 0 bridgehead atoms. The van der Waals surface area contributed by atoms with Crippen molar-refractivity contribution in [2.75, 3.05) is 13.2 Å². The zero-order chi connectivity index (χ0) is 24.2. The van der Waals surface area contributed by atoms with Gasteiger partial charge in [0.05, 0.1) is 28.5 Å². The van der Waals surface area contributed by atoms with Crippen LogP contribution in [0.2, 0.25) is 5.02 Å². The maximum absolute atomic E-state index is 12.2. The highest BCUT2D eigenvalue weighted by atomic mass is 35.5. The predicted octanol–water partition coefficient (Wildman–Crippen LogP) is 3.55. The van der Waals surface area contributed by atoms with Gasteiger partial charge >= 0.3 is 0 Å². The lowest BCUT2D eigenvalue weighted by atomic mass is 9.68. The highest BCUT2D eigenvalue weighted by Crippen LogP contribution is 2.71. The van der Waals surface area contributed by atoms with E-state index in [9.17, 15) is 4.79 Å². The Hall–Kier alpha value is -2.29. The van der Waals surface area contributed by atoms with Crippen molar-refractivity contribution < 1.29 is 9.53 Å². The first-order valence-electron chi connectivity index (χ1n) is 12.0. The van der Waals surface area contributed by atoms with Crippen LogP contribution in [0.3, 0.4) is 0 Å². The first kappa shape index (κ1) is 23.5. The lowest BCUT2D eigenvalue weighted by Crippen LogP contribution is -2.56. The van der Waals surface area contributed by atoms with Gasteiger partial charge in [-0.15, -0.1) is 5.10 Å². The Morgan fingerprint density at radius 3 is 2.76 bits per heavy atom. The molecular formula is C25H33ClN6O2. The number of ether oxygens (including phenoxy) is 1. The Bertz CT molecular complexity index is 1110. The zero-order valence-corrected chi connectivity index (χ0v) is 20.9. The molecule has 1 saturated heterocycles. The molecule has 3 aliphatic rings. The van der Waals surface area contributed by atoms with E-state index in [4.69, 9.17) is 16.3 Å². The molecule has 3 fully saturated rings. The summed E-state index contributed by atoms with van der Waals surface area (Å²) in [5.41, 5.74) is -0.301. The molecule has 2 N–H and O–H groups in total. The topological polar surface area (TPSA) is 94.0 Å². The maximum atomic E-state index is 12.2. The molecule has 0 radical (unpaired) electrons. The number of benzene rings is 1. The molecule has 1 aromatic carbocycles. The van der Waals surface area contributed by atoms with E-state index in [1.165, 1.54) is 18.9 Å². The predicted molar refractivity (Wildman–Crippen MR) is 130 cm³/mol. The largest absolute Gasteiger partial charge is 0.374 e. The molecule has 2 saturated carbocycles. The van der Waals surface area contributed by atoms with Gasteiger partial charge in [-0.2, -0.15) is 4.68 Å². The van der Waals surface area contributed by atoms with Gasteiger partial charge in [0.15, 0.2) is 5.82 Å². The second-order valence-electron chi connectivity index (χ2n) is 11.0. The Morgan fingerprint density at radius 1 is 1.35 bits per heavy atom. The summed E-state index contributed by atoms with van der Waals surface area (Å²) >= 11 is 6.51. The van der Waals surface area contributed by atoms with Crippen LogP contribution < -0.4 is 10.6 Å². The number of rotatable bonds is 9. The van der Waals surface area contributed by atoms with Gasteiger partial charge in [0.25, 0.3) is 0 Å². The summed E-state index contributed by atoms with van der Waals surface area (Å²) in [6.45, 7) is 11.4. The van der Waals surface area contributed by atoms with E-state index < -0.39 is 11.1 Å². The SMILES string of the molecule is C=CC(=O)NC(C)(C)CC(C)(NC[C@]12C[C@H]1COC21CCC1)c1nnnn1-c1ccccc1Cl. The number of carbonyl (C=O) groups excluding carboxylic acids is 1. The fourth-order valence-corrected chi connectivity index (χ4v) is 6.50. The van der Waals surface area contributed by atoms with Crippen molar-refractivity contribution in [3.8, 4) is 5.69 Å². The van der Waals surface area contributed by atoms with Gasteiger partial charge in [0, 0.05) is 17.5 Å². The van der Waals surface area contributed by atoms with Gasteiger partial charge in [-0.25, -0.2) is 0 Å². The first-order chi connectivity index (χ1) is 16.1. The minimum absolute atomic E-state index is 0.0206. The number of amides is 1. The van der Waals surface area contributed by atoms with Crippen LogP contribution in [0.25, 0.3) is 5.69 Å².